The smallest absolute Gasteiger partial charge is 0.314 e. The first-order valence-corrected chi connectivity index (χ1v) is 3.84. The van der Waals surface area contributed by atoms with E-state index in [1.54, 1.807) is 0 Å². The average molecular weight is 194 g/mol. The van der Waals surface area contributed by atoms with Crippen molar-refractivity contribution in [3.8, 4) is 0 Å². The van der Waals surface area contributed by atoms with Gasteiger partial charge in [-0.1, -0.05) is 0 Å². The van der Waals surface area contributed by atoms with Crippen LogP contribution in [0.5, 0.6) is 0 Å². The molecule has 0 radical (unpaired) electrons. The Bertz CT molecular complexity index is 181. The van der Waals surface area contributed by atoms with Crippen molar-refractivity contribution in [1.82, 2.24) is 0 Å². The van der Waals surface area contributed by atoms with Gasteiger partial charge >= 0.3 is 5.97 Å². The van der Waals surface area contributed by atoms with E-state index in [0.29, 0.717) is 0 Å². The highest BCUT2D eigenvalue weighted by Crippen LogP contribution is 2.04. The summed E-state index contributed by atoms with van der Waals surface area (Å²) in [5.41, 5.74) is 0. The third-order valence-corrected chi connectivity index (χ3v) is 1.69. The Morgan fingerprint density at radius 2 is 1.92 bits per heavy atom. The van der Waals surface area contributed by atoms with E-state index in [9.17, 15) is 9.59 Å². The van der Waals surface area contributed by atoms with Crippen LogP contribution in [-0.4, -0.2) is 45.5 Å². The molecule has 0 fully saturated rings. The average Bonchev–Trinajstić information content (AvgIpc) is 2.03. The second kappa shape index (κ2) is 5.13. The number of aliphatic carboxylic acids is 1. The molecule has 0 aromatic carbocycles. The fraction of sp³-hybridized carbons (Fsp3) is 0.667. The van der Waals surface area contributed by atoms with E-state index < -0.39 is 30.4 Å². The first kappa shape index (κ1) is 11.4. The summed E-state index contributed by atoms with van der Waals surface area (Å²) in [4.78, 5) is 21.2. The SMILES string of the molecule is O=C(O)C(CS)C(=O)C(O)CO. The molecule has 5 nitrogen and oxygen atoms in total. The third-order valence-electron chi connectivity index (χ3n) is 1.33. The van der Waals surface area contributed by atoms with Gasteiger partial charge in [-0.05, 0) is 0 Å². The van der Waals surface area contributed by atoms with E-state index in [0.717, 1.165) is 0 Å². The summed E-state index contributed by atoms with van der Waals surface area (Å²) >= 11 is 3.63. The summed E-state index contributed by atoms with van der Waals surface area (Å²) in [6.07, 6.45) is -1.63. The lowest BCUT2D eigenvalue weighted by atomic mass is 10.0. The molecule has 6 heteroatoms. The Labute approximate surface area is 74.4 Å². The molecule has 0 spiro atoms. The number of thiol groups is 1. The number of carbonyl (C=O) groups is 2. The zero-order chi connectivity index (χ0) is 9.72. The summed E-state index contributed by atoms with van der Waals surface area (Å²) in [6, 6.07) is 0. The number of aliphatic hydroxyl groups is 2. The van der Waals surface area contributed by atoms with Gasteiger partial charge in [-0.25, -0.2) is 0 Å². The van der Waals surface area contributed by atoms with E-state index in [1.807, 2.05) is 0 Å². The van der Waals surface area contributed by atoms with Crippen molar-refractivity contribution in [2.24, 2.45) is 5.92 Å². The second-order valence-electron chi connectivity index (χ2n) is 2.17. The summed E-state index contributed by atoms with van der Waals surface area (Å²) in [5.74, 6) is -3.80. The van der Waals surface area contributed by atoms with Crippen LogP contribution in [-0.2, 0) is 9.59 Å². The fourth-order valence-electron chi connectivity index (χ4n) is 0.612. The van der Waals surface area contributed by atoms with Crippen molar-refractivity contribution in [2.75, 3.05) is 12.4 Å². The molecular formula is C6H10O5S. The standard InChI is InChI=1S/C6H10O5S/c7-1-4(8)5(9)3(2-12)6(10)11/h3-4,7-8,12H,1-2H2,(H,10,11). The molecule has 70 valence electrons. The molecule has 12 heavy (non-hydrogen) atoms. The van der Waals surface area contributed by atoms with E-state index >= 15 is 0 Å². The lowest BCUT2D eigenvalue weighted by Gasteiger charge is -2.11. The molecule has 0 saturated carbocycles. The van der Waals surface area contributed by atoms with Crippen LogP contribution in [0.1, 0.15) is 0 Å². The Morgan fingerprint density at radius 3 is 2.17 bits per heavy atom. The van der Waals surface area contributed by atoms with Crippen LogP contribution in [0.3, 0.4) is 0 Å². The summed E-state index contributed by atoms with van der Waals surface area (Å²) in [7, 11) is 0. The fourth-order valence-corrected chi connectivity index (χ4v) is 0.948. The monoisotopic (exact) mass is 194 g/mol. The number of hydrogen-bond donors (Lipinski definition) is 4. The van der Waals surface area contributed by atoms with Gasteiger partial charge < -0.3 is 15.3 Å². The molecule has 0 aliphatic carbocycles. The lowest BCUT2D eigenvalue weighted by Crippen LogP contribution is -2.36. The van der Waals surface area contributed by atoms with Crippen molar-refractivity contribution in [3.63, 3.8) is 0 Å². The number of carboxylic acids is 1. The normalized spacial score (nSPS) is 15.2. The number of carboxylic acid groups (broad SMARTS) is 1. The van der Waals surface area contributed by atoms with Gasteiger partial charge in [0.2, 0.25) is 0 Å². The number of carbonyl (C=O) groups excluding carboxylic acids is 1. The molecule has 3 N–H and O–H groups in total. The highest BCUT2D eigenvalue weighted by atomic mass is 32.1. The zero-order valence-corrected chi connectivity index (χ0v) is 7.07. The molecule has 0 rings (SSSR count). The minimum absolute atomic E-state index is 0.189. The highest BCUT2D eigenvalue weighted by Gasteiger charge is 2.29. The first-order chi connectivity index (χ1) is 5.54. The van der Waals surface area contributed by atoms with Crippen LogP contribution in [0.15, 0.2) is 0 Å². The number of rotatable bonds is 5. The molecular weight excluding hydrogens is 184 g/mol. The number of ketones is 1. The first-order valence-electron chi connectivity index (χ1n) is 3.21. The molecule has 0 saturated heterocycles. The van der Waals surface area contributed by atoms with Crippen LogP contribution in [0.4, 0.5) is 0 Å². The molecule has 2 atom stereocenters. The third kappa shape index (κ3) is 2.80. The maximum Gasteiger partial charge on any atom is 0.314 e. The van der Waals surface area contributed by atoms with Crippen LogP contribution >= 0.6 is 12.6 Å². The molecule has 0 aliphatic heterocycles. The number of aliphatic hydroxyl groups excluding tert-OH is 2. The second-order valence-corrected chi connectivity index (χ2v) is 2.54. The van der Waals surface area contributed by atoms with Crippen molar-refractivity contribution in [2.45, 2.75) is 6.10 Å². The molecule has 2 unspecified atom stereocenters. The largest absolute Gasteiger partial charge is 0.481 e. The van der Waals surface area contributed by atoms with Gasteiger partial charge in [0.05, 0.1) is 6.61 Å². The lowest BCUT2D eigenvalue weighted by molar-refractivity contribution is -0.148. The number of hydrogen-bond acceptors (Lipinski definition) is 5. The molecule has 0 amide bonds. The van der Waals surface area contributed by atoms with Gasteiger partial charge in [-0.2, -0.15) is 12.6 Å². The minimum Gasteiger partial charge on any atom is -0.481 e. The van der Waals surface area contributed by atoms with E-state index in [2.05, 4.69) is 12.6 Å². The van der Waals surface area contributed by atoms with Crippen molar-refractivity contribution >= 4 is 24.4 Å². The van der Waals surface area contributed by atoms with Crippen molar-refractivity contribution in [1.29, 1.82) is 0 Å². The Hall–Kier alpha value is -0.590. The van der Waals surface area contributed by atoms with Gasteiger partial charge in [0.15, 0.2) is 5.78 Å². The molecule has 0 aliphatic rings. The predicted octanol–water partition coefficient (Wildman–Crippen LogP) is -1.46. The topological polar surface area (TPSA) is 94.8 Å². The maximum atomic E-state index is 10.9. The van der Waals surface area contributed by atoms with Crippen LogP contribution in [0.25, 0.3) is 0 Å². The number of Topliss-reactive ketones (excluding diaryl/α,β-unsaturated/α-hetero) is 1. The maximum absolute atomic E-state index is 10.9. The van der Waals surface area contributed by atoms with Gasteiger partial charge in [0.25, 0.3) is 0 Å². The van der Waals surface area contributed by atoms with Crippen LogP contribution in [0.2, 0.25) is 0 Å². The van der Waals surface area contributed by atoms with Gasteiger partial charge in [-0.3, -0.25) is 9.59 Å². The highest BCUT2D eigenvalue weighted by molar-refractivity contribution is 7.80. The van der Waals surface area contributed by atoms with Gasteiger partial charge in [0.1, 0.15) is 12.0 Å². The zero-order valence-electron chi connectivity index (χ0n) is 6.17. The summed E-state index contributed by atoms with van der Waals surface area (Å²) in [5, 5.41) is 25.5. The Kier molecular flexibility index (Phi) is 4.87. The molecule has 0 bridgehead atoms. The van der Waals surface area contributed by atoms with E-state index in [4.69, 9.17) is 15.3 Å². The predicted molar refractivity (Wildman–Crippen MR) is 43.1 cm³/mol. The van der Waals surface area contributed by atoms with Crippen LogP contribution < -0.4 is 0 Å². The Morgan fingerprint density at radius 1 is 1.42 bits per heavy atom. The van der Waals surface area contributed by atoms with Crippen molar-refractivity contribution < 1.29 is 24.9 Å². The Balaban J connectivity index is 4.31. The summed E-state index contributed by atoms with van der Waals surface area (Å²) < 4.78 is 0. The van der Waals surface area contributed by atoms with Gasteiger partial charge in [-0.15, -0.1) is 0 Å². The van der Waals surface area contributed by atoms with E-state index in [1.165, 1.54) is 0 Å². The summed E-state index contributed by atoms with van der Waals surface area (Å²) in [6.45, 7) is -0.767. The van der Waals surface area contributed by atoms with Crippen LogP contribution in [0, 0.1) is 5.92 Å². The van der Waals surface area contributed by atoms with Gasteiger partial charge in [0, 0.05) is 5.75 Å². The molecule has 0 heterocycles. The quantitative estimate of drug-likeness (QED) is 0.317. The molecule has 0 aromatic rings. The molecule has 0 aromatic heterocycles. The van der Waals surface area contributed by atoms with Crippen molar-refractivity contribution in [3.05, 3.63) is 0 Å². The minimum atomic E-state index is -1.63. The van der Waals surface area contributed by atoms with E-state index in [-0.39, 0.29) is 5.75 Å².